The molecule has 1 aliphatic rings. The summed E-state index contributed by atoms with van der Waals surface area (Å²) in [6.45, 7) is 11.9. The molecule has 2 heterocycles. The number of hydrogen-bond donors (Lipinski definition) is 1. The summed E-state index contributed by atoms with van der Waals surface area (Å²) in [5.74, 6) is 3.10. The van der Waals surface area contributed by atoms with Crippen LogP contribution in [0.2, 0.25) is 0 Å². The molecule has 1 N–H and O–H groups in total. The molecule has 1 fully saturated rings. The zero-order valence-corrected chi connectivity index (χ0v) is 16.5. The number of thioether (sulfide) groups is 1. The Morgan fingerprint density at radius 1 is 1.59 bits per heavy atom. The molecule has 1 aromatic heterocycles. The number of hydrogen-bond acceptors (Lipinski definition) is 3. The minimum Gasteiger partial charge on any atom is -0.469 e. The van der Waals surface area contributed by atoms with Gasteiger partial charge in [0.2, 0.25) is 0 Å². The normalized spacial score (nSPS) is 17.7. The van der Waals surface area contributed by atoms with Gasteiger partial charge in [-0.05, 0) is 26.0 Å². The fourth-order valence-electron chi connectivity index (χ4n) is 2.36. The van der Waals surface area contributed by atoms with Gasteiger partial charge in [0, 0.05) is 43.1 Å². The lowest BCUT2D eigenvalue weighted by molar-refractivity contribution is 0.376. The van der Waals surface area contributed by atoms with Gasteiger partial charge in [-0.25, -0.2) is 0 Å². The van der Waals surface area contributed by atoms with Gasteiger partial charge in [0.25, 0.3) is 0 Å². The molecular weight excluding hydrogens is 409 g/mol. The van der Waals surface area contributed by atoms with Crippen molar-refractivity contribution in [2.75, 3.05) is 31.9 Å². The zero-order chi connectivity index (χ0) is 15.1. The molecule has 1 aromatic rings. The van der Waals surface area contributed by atoms with Crippen LogP contribution in [0.15, 0.2) is 40.5 Å². The Labute approximate surface area is 154 Å². The molecule has 0 spiro atoms. The van der Waals surface area contributed by atoms with Gasteiger partial charge in [0.15, 0.2) is 5.96 Å². The van der Waals surface area contributed by atoms with E-state index < -0.39 is 0 Å². The van der Waals surface area contributed by atoms with E-state index >= 15 is 0 Å². The Kier molecular flexibility index (Phi) is 8.38. The van der Waals surface area contributed by atoms with Crippen LogP contribution in [-0.2, 0) is 6.42 Å². The second-order valence-corrected chi connectivity index (χ2v) is 7.54. The summed E-state index contributed by atoms with van der Waals surface area (Å²) in [5, 5.41) is 3.38. The second kappa shape index (κ2) is 9.50. The summed E-state index contributed by atoms with van der Waals surface area (Å²) in [6, 6.07) is 3.91. The molecule has 0 bridgehead atoms. The molecule has 124 valence electrons. The first-order valence-corrected chi connectivity index (χ1v) is 8.40. The van der Waals surface area contributed by atoms with Crippen LogP contribution in [-0.4, -0.2) is 47.5 Å². The number of nitrogens with zero attached hydrogens (tertiary/aromatic N) is 2. The molecule has 0 atom stereocenters. The third-order valence-corrected chi connectivity index (χ3v) is 4.63. The highest BCUT2D eigenvalue weighted by Gasteiger charge is 2.28. The van der Waals surface area contributed by atoms with E-state index in [0.29, 0.717) is 0 Å². The first-order chi connectivity index (χ1) is 10.1. The fraction of sp³-hybridized carbons (Fsp3) is 0.562. The molecule has 0 aliphatic carbocycles. The maximum Gasteiger partial charge on any atom is 0.194 e. The molecular formula is C16H26IN3OS. The highest BCUT2D eigenvalue weighted by atomic mass is 127. The molecule has 0 radical (unpaired) electrons. The lowest BCUT2D eigenvalue weighted by Crippen LogP contribution is -2.51. The topological polar surface area (TPSA) is 40.8 Å². The summed E-state index contributed by atoms with van der Waals surface area (Å²) in [5.41, 5.74) is 0. The monoisotopic (exact) mass is 435 g/mol. The quantitative estimate of drug-likeness (QED) is 0.333. The zero-order valence-electron chi connectivity index (χ0n) is 13.4. The number of furan rings is 1. The predicted molar refractivity (Wildman–Crippen MR) is 106 cm³/mol. The van der Waals surface area contributed by atoms with E-state index in [1.807, 2.05) is 30.0 Å². The van der Waals surface area contributed by atoms with E-state index in [4.69, 9.17) is 9.41 Å². The lowest BCUT2D eigenvalue weighted by Gasteiger charge is -2.39. The number of nitrogens with one attached hydrogen (secondary N) is 1. The van der Waals surface area contributed by atoms with Crippen molar-refractivity contribution in [3.63, 3.8) is 0 Å². The Bertz CT molecular complexity index is 474. The van der Waals surface area contributed by atoms with Crippen LogP contribution in [0.3, 0.4) is 0 Å². The maximum atomic E-state index is 5.35. The second-order valence-electron chi connectivity index (χ2n) is 5.73. The third kappa shape index (κ3) is 6.24. The lowest BCUT2D eigenvalue weighted by atomic mass is 10.2. The molecule has 1 aliphatic heterocycles. The van der Waals surface area contributed by atoms with Gasteiger partial charge in [-0.1, -0.05) is 6.08 Å². The van der Waals surface area contributed by atoms with E-state index in [9.17, 15) is 0 Å². The minimum atomic E-state index is 0. The number of guanidine groups is 1. The largest absolute Gasteiger partial charge is 0.469 e. The van der Waals surface area contributed by atoms with Gasteiger partial charge < -0.3 is 14.6 Å². The summed E-state index contributed by atoms with van der Waals surface area (Å²) in [7, 11) is 0. The average molecular weight is 435 g/mol. The van der Waals surface area contributed by atoms with Gasteiger partial charge in [-0.2, -0.15) is 11.8 Å². The van der Waals surface area contributed by atoms with Gasteiger partial charge in [-0.15, -0.1) is 30.6 Å². The first kappa shape index (κ1) is 19.4. The molecule has 2 rings (SSSR count). The van der Waals surface area contributed by atoms with Gasteiger partial charge in [0.05, 0.1) is 6.26 Å². The maximum absolute atomic E-state index is 5.35. The van der Waals surface area contributed by atoms with Crippen molar-refractivity contribution in [1.29, 1.82) is 0 Å². The van der Waals surface area contributed by atoms with Crippen LogP contribution in [0.5, 0.6) is 0 Å². The third-order valence-electron chi connectivity index (χ3n) is 3.33. The van der Waals surface area contributed by atoms with Crippen molar-refractivity contribution in [3.8, 4) is 0 Å². The summed E-state index contributed by atoms with van der Waals surface area (Å²) in [4.78, 5) is 7.09. The van der Waals surface area contributed by atoms with Crippen LogP contribution >= 0.6 is 35.7 Å². The summed E-state index contributed by atoms with van der Waals surface area (Å²) < 4.78 is 5.63. The summed E-state index contributed by atoms with van der Waals surface area (Å²) in [6.07, 6.45) is 4.41. The predicted octanol–water partition coefficient (Wildman–Crippen LogP) is 3.40. The van der Waals surface area contributed by atoms with Gasteiger partial charge in [-0.3, -0.25) is 4.99 Å². The molecule has 0 amide bonds. The highest BCUT2D eigenvalue weighted by Crippen LogP contribution is 2.29. The van der Waals surface area contributed by atoms with E-state index in [0.717, 1.165) is 50.1 Å². The Balaban J connectivity index is 0.00000242. The molecule has 22 heavy (non-hydrogen) atoms. The molecule has 6 heteroatoms. The van der Waals surface area contributed by atoms with Crippen molar-refractivity contribution in [2.45, 2.75) is 25.0 Å². The van der Waals surface area contributed by atoms with Gasteiger partial charge in [0.1, 0.15) is 5.76 Å². The highest BCUT2D eigenvalue weighted by molar-refractivity contribution is 14.0. The van der Waals surface area contributed by atoms with E-state index in [2.05, 4.69) is 30.6 Å². The molecule has 4 nitrogen and oxygen atoms in total. The first-order valence-electron chi connectivity index (χ1n) is 7.41. The molecule has 0 unspecified atom stereocenters. The smallest absolute Gasteiger partial charge is 0.194 e. The Morgan fingerprint density at radius 3 is 3.05 bits per heavy atom. The van der Waals surface area contributed by atoms with Crippen LogP contribution < -0.4 is 5.32 Å². The van der Waals surface area contributed by atoms with Gasteiger partial charge >= 0.3 is 0 Å². The van der Waals surface area contributed by atoms with Crippen LogP contribution in [0.4, 0.5) is 0 Å². The van der Waals surface area contributed by atoms with E-state index in [1.54, 1.807) is 6.26 Å². The Morgan fingerprint density at radius 2 is 2.41 bits per heavy atom. The van der Waals surface area contributed by atoms with Crippen LogP contribution in [0, 0.1) is 0 Å². The standard InChI is InChI=1S/C16H25N3OS.HI/c1-4-8-17-15(18-9-7-14-6-5-11-20-14)19-10-12-21-16(2,3)13-19;/h4-6,11H,1,7-10,12-13H2,2-3H3,(H,17,18);1H. The summed E-state index contributed by atoms with van der Waals surface area (Å²) >= 11 is 2.03. The van der Waals surface area contributed by atoms with Crippen molar-refractivity contribution < 1.29 is 4.42 Å². The van der Waals surface area contributed by atoms with Crippen molar-refractivity contribution in [2.24, 2.45) is 4.99 Å². The number of aliphatic imine (C=N–C) groups is 1. The number of rotatable bonds is 5. The van der Waals surface area contributed by atoms with Crippen LogP contribution in [0.1, 0.15) is 19.6 Å². The van der Waals surface area contributed by atoms with E-state index in [-0.39, 0.29) is 28.7 Å². The van der Waals surface area contributed by atoms with E-state index in [1.165, 1.54) is 0 Å². The minimum absolute atomic E-state index is 0. The number of halogens is 1. The van der Waals surface area contributed by atoms with Crippen molar-refractivity contribution in [1.82, 2.24) is 10.2 Å². The Hall–Kier alpha value is -0.630. The molecule has 0 saturated carbocycles. The average Bonchev–Trinajstić information content (AvgIpc) is 2.94. The molecule has 0 aromatic carbocycles. The molecule has 1 saturated heterocycles. The fourth-order valence-corrected chi connectivity index (χ4v) is 3.47. The van der Waals surface area contributed by atoms with Crippen molar-refractivity contribution in [3.05, 3.63) is 36.8 Å². The van der Waals surface area contributed by atoms with Crippen LogP contribution in [0.25, 0.3) is 0 Å². The van der Waals surface area contributed by atoms with Crippen molar-refractivity contribution >= 4 is 41.7 Å². The SMILES string of the molecule is C=CCNC(=NCCc1ccco1)N1CCSC(C)(C)C1.I.